The molecule has 1 aromatic heterocycles. The SMILES string of the molecule is CN(C)c1ccc(Nc2c(N)n3n(c2=O)CCC=C3)c(N)c1. The van der Waals surface area contributed by atoms with Gasteiger partial charge in [0.1, 0.15) is 5.69 Å². The molecule has 0 unspecified atom stereocenters. The predicted octanol–water partition coefficient (Wildman–Crippen LogP) is 1.50. The lowest BCUT2D eigenvalue weighted by molar-refractivity contribution is 0.544. The van der Waals surface area contributed by atoms with Crippen LogP contribution >= 0.6 is 0 Å². The van der Waals surface area contributed by atoms with Crippen LogP contribution in [-0.4, -0.2) is 23.5 Å². The van der Waals surface area contributed by atoms with Crippen molar-refractivity contribution in [2.24, 2.45) is 0 Å². The normalized spacial score (nSPS) is 13.0. The molecule has 0 saturated heterocycles. The molecule has 22 heavy (non-hydrogen) atoms. The zero-order valence-corrected chi connectivity index (χ0v) is 12.7. The quantitative estimate of drug-likeness (QED) is 0.747. The fourth-order valence-corrected chi connectivity index (χ4v) is 2.52. The number of allylic oxidation sites excluding steroid dienone is 1. The highest BCUT2D eigenvalue weighted by atomic mass is 16.1. The van der Waals surface area contributed by atoms with Gasteiger partial charge in [0.05, 0.1) is 11.4 Å². The number of rotatable bonds is 3. The van der Waals surface area contributed by atoms with Crippen LogP contribution in [0.2, 0.25) is 0 Å². The zero-order valence-electron chi connectivity index (χ0n) is 12.7. The minimum absolute atomic E-state index is 0.141. The van der Waals surface area contributed by atoms with E-state index < -0.39 is 0 Å². The van der Waals surface area contributed by atoms with Crippen LogP contribution in [0.3, 0.4) is 0 Å². The summed E-state index contributed by atoms with van der Waals surface area (Å²) in [7, 11) is 3.89. The zero-order chi connectivity index (χ0) is 15.9. The summed E-state index contributed by atoms with van der Waals surface area (Å²) in [5.41, 5.74) is 14.6. The van der Waals surface area contributed by atoms with Gasteiger partial charge in [-0.1, -0.05) is 6.08 Å². The number of benzene rings is 1. The van der Waals surface area contributed by atoms with Gasteiger partial charge in [-0.3, -0.25) is 4.79 Å². The molecule has 0 atom stereocenters. The highest BCUT2D eigenvalue weighted by molar-refractivity contribution is 5.80. The molecule has 2 heterocycles. The molecule has 0 amide bonds. The summed E-state index contributed by atoms with van der Waals surface area (Å²) in [6.45, 7) is 0.621. The Morgan fingerprint density at radius 1 is 1.27 bits per heavy atom. The molecule has 1 aliphatic rings. The van der Waals surface area contributed by atoms with Crippen LogP contribution < -0.4 is 27.2 Å². The minimum atomic E-state index is -0.141. The lowest BCUT2D eigenvalue weighted by Crippen LogP contribution is -2.23. The van der Waals surface area contributed by atoms with E-state index in [9.17, 15) is 4.79 Å². The first-order valence-electron chi connectivity index (χ1n) is 7.10. The van der Waals surface area contributed by atoms with Crippen molar-refractivity contribution >= 4 is 34.8 Å². The Morgan fingerprint density at radius 3 is 2.68 bits per heavy atom. The number of hydrogen-bond acceptors (Lipinski definition) is 5. The average molecular weight is 300 g/mol. The van der Waals surface area contributed by atoms with Crippen molar-refractivity contribution in [3.05, 3.63) is 34.6 Å². The first-order chi connectivity index (χ1) is 10.5. The maximum atomic E-state index is 12.4. The second-order valence-electron chi connectivity index (χ2n) is 5.50. The van der Waals surface area contributed by atoms with Crippen LogP contribution in [0, 0.1) is 0 Å². The van der Waals surface area contributed by atoms with E-state index in [1.807, 2.05) is 49.5 Å². The number of aromatic nitrogens is 2. The van der Waals surface area contributed by atoms with Gasteiger partial charge in [-0.2, -0.15) is 0 Å². The van der Waals surface area contributed by atoms with E-state index in [0.717, 1.165) is 12.1 Å². The van der Waals surface area contributed by atoms with Crippen LogP contribution in [0.4, 0.5) is 28.6 Å². The second kappa shape index (κ2) is 5.18. The third-order valence-electron chi connectivity index (χ3n) is 3.78. The van der Waals surface area contributed by atoms with E-state index in [-0.39, 0.29) is 5.56 Å². The summed E-state index contributed by atoms with van der Waals surface area (Å²) in [6, 6.07) is 5.63. The van der Waals surface area contributed by atoms with Crippen LogP contribution in [0.5, 0.6) is 0 Å². The van der Waals surface area contributed by atoms with Gasteiger partial charge < -0.3 is 21.7 Å². The molecular formula is C15H20N6O. The van der Waals surface area contributed by atoms with Crippen molar-refractivity contribution in [2.75, 3.05) is 35.8 Å². The van der Waals surface area contributed by atoms with E-state index >= 15 is 0 Å². The van der Waals surface area contributed by atoms with Gasteiger partial charge in [0.25, 0.3) is 5.56 Å². The van der Waals surface area contributed by atoms with Crippen molar-refractivity contribution in [3.63, 3.8) is 0 Å². The van der Waals surface area contributed by atoms with Gasteiger partial charge in [0, 0.05) is 32.5 Å². The lowest BCUT2D eigenvalue weighted by Gasteiger charge is -2.15. The highest BCUT2D eigenvalue weighted by Crippen LogP contribution is 2.29. The predicted molar refractivity (Wildman–Crippen MR) is 91.5 cm³/mol. The van der Waals surface area contributed by atoms with E-state index in [4.69, 9.17) is 11.5 Å². The minimum Gasteiger partial charge on any atom is -0.397 e. The van der Waals surface area contributed by atoms with Crippen LogP contribution in [0.15, 0.2) is 29.1 Å². The summed E-state index contributed by atoms with van der Waals surface area (Å²) < 4.78 is 3.28. The summed E-state index contributed by atoms with van der Waals surface area (Å²) in [4.78, 5) is 14.4. The molecule has 1 aliphatic heterocycles. The van der Waals surface area contributed by atoms with Crippen molar-refractivity contribution in [1.29, 1.82) is 0 Å². The van der Waals surface area contributed by atoms with Crippen molar-refractivity contribution in [2.45, 2.75) is 13.0 Å². The number of nitrogen functional groups attached to an aromatic ring is 2. The van der Waals surface area contributed by atoms with E-state index in [0.29, 0.717) is 29.4 Å². The first-order valence-corrected chi connectivity index (χ1v) is 7.10. The molecular weight excluding hydrogens is 280 g/mol. The summed E-state index contributed by atoms with van der Waals surface area (Å²) >= 11 is 0. The third-order valence-corrected chi connectivity index (χ3v) is 3.78. The number of anilines is 5. The van der Waals surface area contributed by atoms with Crippen molar-refractivity contribution in [1.82, 2.24) is 9.36 Å². The van der Waals surface area contributed by atoms with Gasteiger partial charge in [-0.25, -0.2) is 9.36 Å². The molecule has 0 aliphatic carbocycles. The van der Waals surface area contributed by atoms with Gasteiger partial charge >= 0.3 is 0 Å². The second-order valence-corrected chi connectivity index (χ2v) is 5.50. The Hall–Kier alpha value is -2.83. The Bertz CT molecular complexity index is 799. The molecule has 7 nitrogen and oxygen atoms in total. The van der Waals surface area contributed by atoms with Crippen LogP contribution in [0.25, 0.3) is 6.20 Å². The fourth-order valence-electron chi connectivity index (χ4n) is 2.52. The molecule has 0 bridgehead atoms. The van der Waals surface area contributed by atoms with Gasteiger partial charge in [-0.05, 0) is 24.6 Å². The van der Waals surface area contributed by atoms with Crippen molar-refractivity contribution in [3.8, 4) is 0 Å². The lowest BCUT2D eigenvalue weighted by atomic mass is 10.2. The third kappa shape index (κ3) is 2.20. The Balaban J connectivity index is 1.99. The smallest absolute Gasteiger partial charge is 0.292 e. The van der Waals surface area contributed by atoms with Gasteiger partial charge in [-0.15, -0.1) is 0 Å². The maximum Gasteiger partial charge on any atom is 0.292 e. The average Bonchev–Trinajstić information content (AvgIpc) is 2.74. The monoisotopic (exact) mass is 300 g/mol. The van der Waals surface area contributed by atoms with Crippen LogP contribution in [-0.2, 0) is 6.54 Å². The molecule has 0 spiro atoms. The van der Waals surface area contributed by atoms with E-state index in [2.05, 4.69) is 5.32 Å². The molecule has 0 saturated carbocycles. The first kappa shape index (κ1) is 14.1. The molecule has 1 aromatic carbocycles. The number of nitrogens with one attached hydrogen (secondary N) is 1. The standard InChI is InChI=1S/C15H20N6O/c1-19(2)10-5-6-12(11(16)9-10)18-13-14(17)20-7-3-4-8-21(20)15(13)22/h3,5-7,9,18H,4,8,16-17H2,1-2H3. The number of nitrogens with two attached hydrogens (primary N) is 2. The Kier molecular flexibility index (Phi) is 3.32. The molecule has 0 fully saturated rings. The van der Waals surface area contributed by atoms with Gasteiger partial charge in [0.15, 0.2) is 5.82 Å². The summed E-state index contributed by atoms with van der Waals surface area (Å²) in [5, 5.41) is 3.08. The molecule has 5 N–H and O–H groups in total. The Labute approximate surface area is 128 Å². The fraction of sp³-hybridized carbons (Fsp3) is 0.267. The van der Waals surface area contributed by atoms with Gasteiger partial charge in [0.2, 0.25) is 0 Å². The molecule has 7 heteroatoms. The molecule has 2 aromatic rings. The van der Waals surface area contributed by atoms with E-state index in [1.165, 1.54) is 0 Å². The number of hydrogen-bond donors (Lipinski definition) is 3. The largest absolute Gasteiger partial charge is 0.397 e. The maximum absolute atomic E-state index is 12.4. The molecule has 116 valence electrons. The molecule has 3 rings (SSSR count). The number of nitrogens with zero attached hydrogens (tertiary/aromatic N) is 3. The summed E-state index contributed by atoms with van der Waals surface area (Å²) in [6.07, 6.45) is 4.62. The Morgan fingerprint density at radius 2 is 2.05 bits per heavy atom. The topological polar surface area (TPSA) is 94.2 Å². The van der Waals surface area contributed by atoms with Crippen LogP contribution in [0.1, 0.15) is 6.42 Å². The summed E-state index contributed by atoms with van der Waals surface area (Å²) in [5.74, 6) is 0.386. The number of fused-ring (bicyclic) bond motifs is 1. The van der Waals surface area contributed by atoms with E-state index in [1.54, 1.807) is 9.36 Å². The van der Waals surface area contributed by atoms with Crippen molar-refractivity contribution < 1.29 is 0 Å². The highest BCUT2D eigenvalue weighted by Gasteiger charge is 2.18. The molecule has 0 radical (unpaired) electrons.